The first-order chi connectivity index (χ1) is 16.0. The van der Waals surface area contributed by atoms with E-state index in [1.54, 1.807) is 21.5 Å². The lowest BCUT2D eigenvalue weighted by atomic mass is 10.2. The number of hydrogen-bond donors (Lipinski definition) is 1. The standard InChI is InChI=1S/C24H23N5O3S/c1-3-32-20-7-5-4-6-19(20)26-21(30)12-17-14-33-24-27-22-18(23(31)28(17)24)13-25-29(22)16-10-8-15(2)9-11-16/h4-11,13,17H,3,12,14H2,1-2H3,(H,26,30). The number of para-hydroxylation sites is 2. The predicted molar refractivity (Wildman–Crippen MR) is 128 cm³/mol. The smallest absolute Gasteiger partial charge is 0.265 e. The monoisotopic (exact) mass is 461 g/mol. The van der Waals surface area contributed by atoms with Gasteiger partial charge in [-0.1, -0.05) is 41.6 Å². The second-order valence-electron chi connectivity index (χ2n) is 7.85. The molecule has 8 nitrogen and oxygen atoms in total. The van der Waals surface area contributed by atoms with Crippen molar-refractivity contribution < 1.29 is 9.53 Å². The van der Waals surface area contributed by atoms with Crippen LogP contribution in [0.15, 0.2) is 64.7 Å². The Morgan fingerprint density at radius 3 is 2.79 bits per heavy atom. The minimum absolute atomic E-state index is 0.166. The summed E-state index contributed by atoms with van der Waals surface area (Å²) in [5, 5.41) is 8.36. The number of nitrogens with one attached hydrogen (secondary N) is 1. The topological polar surface area (TPSA) is 91.0 Å². The molecule has 0 aliphatic carbocycles. The van der Waals surface area contributed by atoms with Crippen molar-refractivity contribution in [2.45, 2.75) is 31.5 Å². The van der Waals surface area contributed by atoms with Gasteiger partial charge in [0.05, 0.1) is 30.2 Å². The molecular weight excluding hydrogens is 438 g/mol. The van der Waals surface area contributed by atoms with E-state index in [1.165, 1.54) is 11.8 Å². The zero-order valence-corrected chi connectivity index (χ0v) is 19.1. The summed E-state index contributed by atoms with van der Waals surface area (Å²) in [4.78, 5) is 30.8. The Labute approximate surface area is 194 Å². The number of aromatic nitrogens is 4. The third-order valence-corrected chi connectivity index (χ3v) is 6.63. The Kier molecular flexibility index (Phi) is 5.63. The maximum atomic E-state index is 13.3. The highest BCUT2D eigenvalue weighted by Crippen LogP contribution is 2.34. The Morgan fingerprint density at radius 2 is 2.00 bits per heavy atom. The van der Waals surface area contributed by atoms with Crippen molar-refractivity contribution in [3.05, 3.63) is 70.6 Å². The summed E-state index contributed by atoms with van der Waals surface area (Å²) in [5.74, 6) is 1.05. The number of ether oxygens (including phenoxy) is 1. The zero-order valence-electron chi connectivity index (χ0n) is 18.3. The summed E-state index contributed by atoms with van der Waals surface area (Å²) >= 11 is 1.48. The van der Waals surface area contributed by atoms with Crippen LogP contribution in [0.5, 0.6) is 5.75 Å². The van der Waals surface area contributed by atoms with E-state index in [2.05, 4.69) is 10.4 Å². The van der Waals surface area contributed by atoms with Crippen molar-refractivity contribution in [1.29, 1.82) is 0 Å². The Bertz CT molecular complexity index is 1390. The minimum Gasteiger partial charge on any atom is -0.492 e. The van der Waals surface area contributed by atoms with Crippen molar-refractivity contribution in [3.63, 3.8) is 0 Å². The van der Waals surface area contributed by atoms with Gasteiger partial charge in [-0.2, -0.15) is 5.10 Å². The highest BCUT2D eigenvalue weighted by molar-refractivity contribution is 7.99. The molecule has 0 saturated heterocycles. The van der Waals surface area contributed by atoms with Gasteiger partial charge in [0.15, 0.2) is 10.8 Å². The van der Waals surface area contributed by atoms with Crippen molar-refractivity contribution in [3.8, 4) is 11.4 Å². The number of carbonyl (C=O) groups excluding carboxylic acids is 1. The average molecular weight is 462 g/mol. The van der Waals surface area contributed by atoms with E-state index in [1.807, 2.05) is 56.3 Å². The fourth-order valence-corrected chi connectivity index (χ4v) is 5.05. The highest BCUT2D eigenvalue weighted by Gasteiger charge is 2.29. The molecule has 1 atom stereocenters. The molecule has 5 rings (SSSR count). The SMILES string of the molecule is CCOc1ccccc1NC(=O)CC1CSc2nc3c(cnn3-c3ccc(C)cc3)c(=O)n21. The first kappa shape index (κ1) is 21.3. The summed E-state index contributed by atoms with van der Waals surface area (Å²) in [6, 6.07) is 14.9. The molecule has 1 unspecified atom stereocenters. The van der Waals surface area contributed by atoms with Gasteiger partial charge in [-0.3, -0.25) is 14.2 Å². The Morgan fingerprint density at radius 1 is 1.21 bits per heavy atom. The number of fused-ring (bicyclic) bond motifs is 2. The Hall–Kier alpha value is -3.59. The molecule has 1 N–H and O–H groups in total. The highest BCUT2D eigenvalue weighted by atomic mass is 32.2. The van der Waals surface area contributed by atoms with E-state index in [-0.39, 0.29) is 23.9 Å². The number of aryl methyl sites for hydroxylation is 1. The van der Waals surface area contributed by atoms with E-state index in [9.17, 15) is 9.59 Å². The number of hydrogen-bond acceptors (Lipinski definition) is 6. The van der Waals surface area contributed by atoms with Gasteiger partial charge in [0.25, 0.3) is 5.56 Å². The first-order valence-electron chi connectivity index (χ1n) is 10.8. The number of nitrogens with zero attached hydrogens (tertiary/aromatic N) is 4. The Balaban J connectivity index is 1.42. The molecular formula is C24H23N5O3S. The van der Waals surface area contributed by atoms with Crippen LogP contribution < -0.4 is 15.6 Å². The molecule has 1 amide bonds. The summed E-state index contributed by atoms with van der Waals surface area (Å²) < 4.78 is 8.89. The zero-order chi connectivity index (χ0) is 22.9. The minimum atomic E-state index is -0.281. The lowest BCUT2D eigenvalue weighted by Gasteiger charge is -2.15. The summed E-state index contributed by atoms with van der Waals surface area (Å²) in [7, 11) is 0. The molecule has 33 heavy (non-hydrogen) atoms. The van der Waals surface area contributed by atoms with Gasteiger partial charge in [-0.15, -0.1) is 0 Å². The lowest BCUT2D eigenvalue weighted by molar-refractivity contribution is -0.116. The second-order valence-corrected chi connectivity index (χ2v) is 8.83. The number of carbonyl (C=O) groups is 1. The number of anilines is 1. The van der Waals surface area contributed by atoms with Gasteiger partial charge >= 0.3 is 0 Å². The van der Waals surface area contributed by atoms with Crippen molar-refractivity contribution in [1.82, 2.24) is 19.3 Å². The molecule has 0 bridgehead atoms. The molecule has 0 spiro atoms. The van der Waals surface area contributed by atoms with E-state index in [4.69, 9.17) is 9.72 Å². The quantitative estimate of drug-likeness (QED) is 0.437. The summed E-state index contributed by atoms with van der Waals surface area (Å²) in [6.07, 6.45) is 1.72. The van der Waals surface area contributed by atoms with Gasteiger partial charge in [0.1, 0.15) is 11.1 Å². The third-order valence-electron chi connectivity index (χ3n) is 5.53. The first-order valence-corrected chi connectivity index (χ1v) is 11.8. The van der Waals surface area contributed by atoms with Gasteiger partial charge in [0, 0.05) is 12.2 Å². The van der Waals surface area contributed by atoms with E-state index < -0.39 is 0 Å². The van der Waals surface area contributed by atoms with Gasteiger partial charge in [-0.25, -0.2) is 9.67 Å². The van der Waals surface area contributed by atoms with E-state index in [0.29, 0.717) is 40.0 Å². The van der Waals surface area contributed by atoms with Crippen molar-refractivity contribution in [2.24, 2.45) is 0 Å². The lowest BCUT2D eigenvalue weighted by Crippen LogP contribution is -2.27. The maximum absolute atomic E-state index is 13.3. The van der Waals surface area contributed by atoms with E-state index >= 15 is 0 Å². The van der Waals surface area contributed by atoms with Crippen LogP contribution in [0.4, 0.5) is 5.69 Å². The molecule has 9 heteroatoms. The number of rotatable bonds is 6. The van der Waals surface area contributed by atoms with Crippen LogP contribution in [-0.2, 0) is 4.79 Å². The summed E-state index contributed by atoms with van der Waals surface area (Å²) in [5.41, 5.74) is 2.96. The molecule has 0 fully saturated rings. The number of amides is 1. The largest absolute Gasteiger partial charge is 0.492 e. The second kappa shape index (κ2) is 8.74. The molecule has 2 aromatic carbocycles. The molecule has 0 radical (unpaired) electrons. The van der Waals surface area contributed by atoms with Crippen LogP contribution in [0.2, 0.25) is 0 Å². The number of thioether (sulfide) groups is 1. The van der Waals surface area contributed by atoms with Crippen LogP contribution in [0.1, 0.15) is 24.9 Å². The molecule has 1 aliphatic heterocycles. The predicted octanol–water partition coefficient (Wildman–Crippen LogP) is 3.96. The van der Waals surface area contributed by atoms with Crippen LogP contribution in [0.25, 0.3) is 16.7 Å². The normalized spacial score (nSPS) is 14.9. The van der Waals surface area contributed by atoms with Gasteiger partial charge in [-0.05, 0) is 38.1 Å². The van der Waals surface area contributed by atoms with Gasteiger partial charge < -0.3 is 10.1 Å². The maximum Gasteiger partial charge on any atom is 0.265 e. The molecule has 0 saturated carbocycles. The van der Waals surface area contributed by atoms with Gasteiger partial charge in [0.2, 0.25) is 5.91 Å². The molecule has 2 aromatic heterocycles. The van der Waals surface area contributed by atoms with Crippen molar-refractivity contribution >= 4 is 34.4 Å². The van der Waals surface area contributed by atoms with Crippen LogP contribution in [0.3, 0.4) is 0 Å². The fourth-order valence-electron chi connectivity index (χ4n) is 3.92. The van der Waals surface area contributed by atoms with Crippen LogP contribution in [-0.4, -0.2) is 37.6 Å². The van der Waals surface area contributed by atoms with Crippen LogP contribution >= 0.6 is 11.8 Å². The average Bonchev–Trinajstić information content (AvgIpc) is 3.41. The van der Waals surface area contributed by atoms with E-state index in [0.717, 1.165) is 11.3 Å². The van der Waals surface area contributed by atoms with Crippen molar-refractivity contribution in [2.75, 3.05) is 17.7 Å². The third kappa shape index (κ3) is 4.00. The molecule has 1 aliphatic rings. The fraction of sp³-hybridized carbons (Fsp3) is 0.250. The molecule has 3 heterocycles. The van der Waals surface area contributed by atoms with Crippen LogP contribution in [0, 0.1) is 6.92 Å². The number of benzene rings is 2. The molecule has 168 valence electrons. The summed E-state index contributed by atoms with van der Waals surface area (Å²) in [6.45, 7) is 4.42. The molecule has 4 aromatic rings.